The number of hydrogen-bond donors (Lipinski definition) is 1. The van der Waals surface area contributed by atoms with Gasteiger partial charge in [0.15, 0.2) is 0 Å². The van der Waals surface area contributed by atoms with Crippen LogP contribution in [0.2, 0.25) is 0 Å². The van der Waals surface area contributed by atoms with Gasteiger partial charge in [0.1, 0.15) is 17.6 Å². The van der Waals surface area contributed by atoms with E-state index in [1.54, 1.807) is 31.2 Å². The smallest absolute Gasteiger partial charge is 0.338 e. The Bertz CT molecular complexity index is 1740. The number of furan rings is 1. The molecule has 2 unspecified atom stereocenters. The van der Waals surface area contributed by atoms with Crippen molar-refractivity contribution >= 4 is 58.2 Å². The molecule has 3 atom stereocenters. The monoisotopic (exact) mass is 603 g/mol. The molecule has 2 aliphatic heterocycles. The number of aromatic nitrogens is 1. The van der Waals surface area contributed by atoms with Crippen LogP contribution < -0.4 is 15.1 Å². The van der Waals surface area contributed by atoms with Crippen LogP contribution in [0, 0.1) is 12.8 Å². The maximum absolute atomic E-state index is 13.9. The highest BCUT2D eigenvalue weighted by Crippen LogP contribution is 2.53. The van der Waals surface area contributed by atoms with Crippen LogP contribution in [0.1, 0.15) is 39.4 Å². The molecule has 4 aromatic rings. The SMILES string of the molecule is CCOC(=O)c1ccc(N2C(=O)C3Sc4c(sc(=O)n4CC(=O)Nc4ccc(C)cc4)[C@H](c4ccco4)C3C2=O)cc1. The van der Waals surface area contributed by atoms with Gasteiger partial charge in [0.05, 0.1) is 45.9 Å². The van der Waals surface area contributed by atoms with E-state index in [0.29, 0.717) is 32.6 Å². The van der Waals surface area contributed by atoms with Crippen molar-refractivity contribution in [1.82, 2.24) is 4.57 Å². The fourth-order valence-corrected chi connectivity index (χ4v) is 7.98. The maximum Gasteiger partial charge on any atom is 0.338 e. The lowest BCUT2D eigenvalue weighted by Gasteiger charge is -2.29. The van der Waals surface area contributed by atoms with Gasteiger partial charge in [-0.1, -0.05) is 40.8 Å². The van der Waals surface area contributed by atoms with Gasteiger partial charge in [-0.3, -0.25) is 23.7 Å². The zero-order valence-corrected chi connectivity index (χ0v) is 24.2. The van der Waals surface area contributed by atoms with Crippen molar-refractivity contribution < 1.29 is 28.3 Å². The first-order valence-corrected chi connectivity index (χ1v) is 14.9. The number of ether oxygens (including phenoxy) is 1. The molecule has 0 spiro atoms. The summed E-state index contributed by atoms with van der Waals surface area (Å²) < 4.78 is 12.1. The molecule has 0 saturated carbocycles. The van der Waals surface area contributed by atoms with Gasteiger partial charge in [0, 0.05) is 5.69 Å². The van der Waals surface area contributed by atoms with E-state index in [1.807, 2.05) is 19.1 Å². The molecule has 0 aliphatic carbocycles. The molecule has 4 heterocycles. The molecule has 12 heteroatoms. The van der Waals surface area contributed by atoms with Crippen LogP contribution in [0.5, 0.6) is 0 Å². The second-order valence-corrected chi connectivity index (χ2v) is 12.0. The van der Waals surface area contributed by atoms with E-state index in [0.717, 1.165) is 33.6 Å². The van der Waals surface area contributed by atoms with Crippen LogP contribution in [0.4, 0.5) is 11.4 Å². The molecule has 1 saturated heterocycles. The number of thioether (sulfide) groups is 1. The summed E-state index contributed by atoms with van der Waals surface area (Å²) in [6.45, 7) is 3.62. The number of fused-ring (bicyclic) bond motifs is 2. The Morgan fingerprint density at radius 2 is 1.74 bits per heavy atom. The molecule has 42 heavy (non-hydrogen) atoms. The van der Waals surface area contributed by atoms with Gasteiger partial charge in [-0.2, -0.15) is 0 Å². The number of aryl methyl sites for hydroxylation is 1. The maximum atomic E-state index is 13.9. The van der Waals surface area contributed by atoms with Crippen molar-refractivity contribution in [2.45, 2.75) is 36.6 Å². The molecule has 3 amide bonds. The molecule has 10 nitrogen and oxygen atoms in total. The van der Waals surface area contributed by atoms with E-state index >= 15 is 0 Å². The summed E-state index contributed by atoms with van der Waals surface area (Å²) in [5.41, 5.74) is 2.27. The summed E-state index contributed by atoms with van der Waals surface area (Å²) in [7, 11) is 0. The van der Waals surface area contributed by atoms with Crippen molar-refractivity contribution in [2.24, 2.45) is 5.92 Å². The first-order chi connectivity index (χ1) is 20.3. The van der Waals surface area contributed by atoms with Crippen molar-refractivity contribution in [3.8, 4) is 0 Å². The number of carbonyl (C=O) groups excluding carboxylic acids is 4. The highest BCUT2D eigenvalue weighted by Gasteiger charge is 2.57. The Morgan fingerprint density at radius 3 is 2.40 bits per heavy atom. The first kappa shape index (κ1) is 27.7. The van der Waals surface area contributed by atoms with Gasteiger partial charge in [-0.25, -0.2) is 9.69 Å². The van der Waals surface area contributed by atoms with E-state index < -0.39 is 40.8 Å². The zero-order chi connectivity index (χ0) is 29.5. The van der Waals surface area contributed by atoms with Gasteiger partial charge in [0.25, 0.3) is 0 Å². The van der Waals surface area contributed by atoms with Gasteiger partial charge in [0.2, 0.25) is 17.7 Å². The van der Waals surface area contributed by atoms with Crippen LogP contribution >= 0.6 is 23.1 Å². The summed E-state index contributed by atoms with van der Waals surface area (Å²) in [5, 5.41) is 2.42. The first-order valence-electron chi connectivity index (χ1n) is 13.2. The van der Waals surface area contributed by atoms with Gasteiger partial charge in [-0.05, 0) is 62.4 Å². The predicted octanol–water partition coefficient (Wildman–Crippen LogP) is 4.42. The molecule has 6 rings (SSSR count). The predicted molar refractivity (Wildman–Crippen MR) is 157 cm³/mol. The molecule has 0 radical (unpaired) electrons. The van der Waals surface area contributed by atoms with Gasteiger partial charge in [-0.15, -0.1) is 0 Å². The number of hydrogen-bond acceptors (Lipinski definition) is 9. The average Bonchev–Trinajstić information content (AvgIpc) is 3.67. The van der Waals surface area contributed by atoms with Gasteiger partial charge < -0.3 is 14.5 Å². The fourth-order valence-electron chi connectivity index (χ4n) is 5.23. The number of rotatable bonds is 7. The van der Waals surface area contributed by atoms with Crippen LogP contribution in [0.25, 0.3) is 0 Å². The minimum Gasteiger partial charge on any atom is -0.469 e. The number of amides is 3. The quantitative estimate of drug-likeness (QED) is 0.243. The van der Waals surface area contributed by atoms with E-state index in [-0.39, 0.29) is 18.0 Å². The van der Waals surface area contributed by atoms with E-state index in [9.17, 15) is 24.0 Å². The van der Waals surface area contributed by atoms with Crippen molar-refractivity contribution in [3.63, 3.8) is 0 Å². The molecule has 1 fully saturated rings. The lowest BCUT2D eigenvalue weighted by molar-refractivity contribution is -0.122. The van der Waals surface area contributed by atoms with Crippen LogP contribution in [0.3, 0.4) is 0 Å². The molecule has 1 N–H and O–H groups in total. The van der Waals surface area contributed by atoms with Crippen LogP contribution in [-0.4, -0.2) is 40.1 Å². The molecule has 0 bridgehead atoms. The topological polar surface area (TPSA) is 128 Å². The summed E-state index contributed by atoms with van der Waals surface area (Å²) in [5.74, 6) is -2.85. The summed E-state index contributed by atoms with van der Waals surface area (Å²) in [6, 6.07) is 16.8. The fraction of sp³-hybridized carbons (Fsp3) is 0.233. The Hall–Kier alpha value is -4.42. The molecule has 214 valence electrons. The lowest BCUT2D eigenvalue weighted by Crippen LogP contribution is -2.32. The number of imide groups is 1. The number of anilines is 2. The van der Waals surface area contributed by atoms with Gasteiger partial charge >= 0.3 is 10.8 Å². The Morgan fingerprint density at radius 1 is 1.00 bits per heavy atom. The number of nitrogens with one attached hydrogen (secondary N) is 1. The summed E-state index contributed by atoms with van der Waals surface area (Å²) in [6.07, 6.45) is 1.48. The number of benzene rings is 2. The third-order valence-corrected chi connectivity index (χ3v) is 9.78. The zero-order valence-electron chi connectivity index (χ0n) is 22.6. The molecule has 2 aromatic heterocycles. The highest BCUT2D eigenvalue weighted by atomic mass is 32.2. The number of thiazole rings is 1. The number of nitrogens with zero attached hydrogens (tertiary/aromatic N) is 2. The number of carbonyl (C=O) groups is 4. The Labute approximate surface area is 248 Å². The van der Waals surface area contributed by atoms with Crippen molar-refractivity contribution in [2.75, 3.05) is 16.8 Å². The van der Waals surface area contributed by atoms with Crippen molar-refractivity contribution in [1.29, 1.82) is 0 Å². The standard InChI is InChI=1S/C30H25N3O7S2/c1-3-39-29(37)17-8-12-19(13-9-17)33-26(35)23-22(20-5-4-14-40-20)25-28(41-24(23)27(33)36)32(30(38)42-25)15-21(34)31-18-10-6-16(2)7-11-18/h4-14,22-24H,3,15H2,1-2H3,(H,31,34)/t22-,23?,24?/m1/s1. The Balaban J connectivity index is 1.34. The molecular weight excluding hydrogens is 578 g/mol. The second kappa shape index (κ2) is 11.1. The third-order valence-electron chi connectivity index (χ3n) is 7.17. The van der Waals surface area contributed by atoms with Crippen LogP contribution in [0.15, 0.2) is 81.2 Å². The molecule has 2 aliphatic rings. The number of esters is 1. The highest BCUT2D eigenvalue weighted by molar-refractivity contribution is 8.00. The Kier molecular flexibility index (Phi) is 7.33. The minimum absolute atomic E-state index is 0.223. The minimum atomic E-state index is -0.856. The van der Waals surface area contributed by atoms with Crippen molar-refractivity contribution in [3.05, 3.63) is 98.4 Å². The molecule has 2 aromatic carbocycles. The summed E-state index contributed by atoms with van der Waals surface area (Å²) >= 11 is 2.06. The normalized spacial score (nSPS) is 19.4. The van der Waals surface area contributed by atoms with Crippen LogP contribution in [-0.2, 0) is 25.7 Å². The lowest BCUT2D eigenvalue weighted by atomic mass is 9.87. The van der Waals surface area contributed by atoms with E-state index in [4.69, 9.17) is 9.15 Å². The second-order valence-electron chi connectivity index (χ2n) is 9.87. The summed E-state index contributed by atoms with van der Waals surface area (Å²) in [4.78, 5) is 67.3. The largest absolute Gasteiger partial charge is 0.469 e. The van der Waals surface area contributed by atoms with E-state index in [1.165, 1.54) is 35.1 Å². The van der Waals surface area contributed by atoms with E-state index in [2.05, 4.69) is 5.32 Å². The molecular formula is C30H25N3O7S2. The average molecular weight is 604 g/mol. The third kappa shape index (κ3) is 4.86.